The van der Waals surface area contributed by atoms with E-state index in [1.165, 1.54) is 30.5 Å². The third-order valence-electron chi connectivity index (χ3n) is 4.74. The Morgan fingerprint density at radius 2 is 1.72 bits per heavy atom. The van der Waals surface area contributed by atoms with Crippen LogP contribution < -0.4 is 10.7 Å². The van der Waals surface area contributed by atoms with Gasteiger partial charge in [0, 0.05) is 38.9 Å². The van der Waals surface area contributed by atoms with E-state index in [1.54, 1.807) is 35.0 Å². The largest absolute Gasteiger partial charge is 0.337 e. The number of anilines is 1. The molecule has 0 saturated heterocycles. The van der Waals surface area contributed by atoms with Crippen LogP contribution >= 0.6 is 11.6 Å². The Bertz CT molecular complexity index is 1300. The van der Waals surface area contributed by atoms with Crippen molar-refractivity contribution in [3.05, 3.63) is 101 Å². The number of halogens is 2. The quantitative estimate of drug-likeness (QED) is 0.327. The molecule has 6 nitrogen and oxygen atoms in total. The number of aromatic nitrogens is 1. The van der Waals surface area contributed by atoms with Crippen LogP contribution in [0.25, 0.3) is 10.9 Å². The predicted molar refractivity (Wildman–Crippen MR) is 123 cm³/mol. The number of benzene rings is 3. The molecule has 1 aromatic heterocycles. The van der Waals surface area contributed by atoms with Gasteiger partial charge in [0.05, 0.1) is 6.21 Å². The number of nitrogens with one attached hydrogen (secondary N) is 2. The van der Waals surface area contributed by atoms with Crippen molar-refractivity contribution in [2.24, 2.45) is 5.10 Å². The lowest BCUT2D eigenvalue weighted by Crippen LogP contribution is -2.18. The van der Waals surface area contributed by atoms with Crippen molar-refractivity contribution >= 4 is 46.2 Å². The molecule has 0 fully saturated rings. The second-order valence-corrected chi connectivity index (χ2v) is 7.43. The highest BCUT2D eigenvalue weighted by molar-refractivity contribution is 6.30. The van der Waals surface area contributed by atoms with Gasteiger partial charge in [-0.25, -0.2) is 9.82 Å². The highest BCUT2D eigenvalue weighted by Gasteiger charge is 2.11. The van der Waals surface area contributed by atoms with Crippen LogP contribution in [-0.2, 0) is 11.3 Å². The number of rotatable bonds is 6. The van der Waals surface area contributed by atoms with Gasteiger partial charge >= 0.3 is 0 Å². The van der Waals surface area contributed by atoms with Gasteiger partial charge in [-0.2, -0.15) is 5.10 Å². The number of amides is 2. The molecular weight excluding hydrogens is 431 g/mol. The first-order chi connectivity index (χ1) is 15.5. The first-order valence-electron chi connectivity index (χ1n) is 9.72. The molecule has 0 bridgehead atoms. The molecule has 2 amide bonds. The summed E-state index contributed by atoms with van der Waals surface area (Å²) >= 11 is 5.84. The van der Waals surface area contributed by atoms with Crippen molar-refractivity contribution in [2.45, 2.75) is 6.54 Å². The Morgan fingerprint density at radius 3 is 2.47 bits per heavy atom. The van der Waals surface area contributed by atoms with Crippen molar-refractivity contribution in [1.82, 2.24) is 9.99 Å². The van der Waals surface area contributed by atoms with Crippen LogP contribution in [0, 0.1) is 5.82 Å². The summed E-state index contributed by atoms with van der Waals surface area (Å²) in [6.07, 6.45) is 3.32. The van der Waals surface area contributed by atoms with Crippen molar-refractivity contribution in [3.63, 3.8) is 0 Å². The summed E-state index contributed by atoms with van der Waals surface area (Å²) in [6.45, 7) is 0.0584. The highest BCUT2D eigenvalue weighted by atomic mass is 35.5. The molecule has 0 spiro atoms. The van der Waals surface area contributed by atoms with Gasteiger partial charge in [-0.15, -0.1) is 0 Å². The van der Waals surface area contributed by atoms with E-state index in [-0.39, 0.29) is 24.2 Å². The fourth-order valence-electron chi connectivity index (χ4n) is 3.22. The first kappa shape index (κ1) is 21.3. The van der Waals surface area contributed by atoms with E-state index in [0.717, 1.165) is 16.5 Å². The van der Waals surface area contributed by atoms with E-state index < -0.39 is 0 Å². The molecule has 4 aromatic rings. The third kappa shape index (κ3) is 5.01. The molecule has 0 aliphatic carbocycles. The average molecular weight is 449 g/mol. The van der Waals surface area contributed by atoms with Crippen LogP contribution in [0.4, 0.5) is 10.1 Å². The first-order valence-corrected chi connectivity index (χ1v) is 10.1. The molecule has 0 saturated carbocycles. The maximum atomic E-state index is 13.1. The molecule has 32 heavy (non-hydrogen) atoms. The van der Waals surface area contributed by atoms with Crippen LogP contribution in [0.3, 0.4) is 0 Å². The van der Waals surface area contributed by atoms with Gasteiger partial charge in [0.15, 0.2) is 0 Å². The Kier molecular flexibility index (Phi) is 6.28. The van der Waals surface area contributed by atoms with Gasteiger partial charge in [0.2, 0.25) is 5.91 Å². The number of nitrogens with zero attached hydrogens (tertiary/aromatic N) is 2. The zero-order valence-electron chi connectivity index (χ0n) is 16.8. The number of fused-ring (bicyclic) bond motifs is 1. The number of hydrogen-bond donors (Lipinski definition) is 2. The van der Waals surface area contributed by atoms with E-state index in [9.17, 15) is 14.0 Å². The predicted octanol–water partition coefficient (Wildman–Crippen LogP) is 4.84. The van der Waals surface area contributed by atoms with Gasteiger partial charge in [0.1, 0.15) is 12.4 Å². The van der Waals surface area contributed by atoms with Crippen LogP contribution in [-0.4, -0.2) is 22.6 Å². The second kappa shape index (κ2) is 9.45. The lowest BCUT2D eigenvalue weighted by Gasteiger charge is -2.07. The van der Waals surface area contributed by atoms with E-state index in [1.807, 2.05) is 24.3 Å². The molecule has 0 aliphatic heterocycles. The van der Waals surface area contributed by atoms with Crippen LogP contribution in [0.5, 0.6) is 0 Å². The Morgan fingerprint density at radius 1 is 1.00 bits per heavy atom. The summed E-state index contributed by atoms with van der Waals surface area (Å²) in [5.41, 5.74) is 5.02. The highest BCUT2D eigenvalue weighted by Crippen LogP contribution is 2.20. The summed E-state index contributed by atoms with van der Waals surface area (Å²) in [5, 5.41) is 8.22. The molecule has 160 valence electrons. The number of hydrazone groups is 1. The van der Waals surface area contributed by atoms with Crippen molar-refractivity contribution < 1.29 is 14.0 Å². The number of carbonyl (C=O) groups is 2. The van der Waals surface area contributed by atoms with Crippen molar-refractivity contribution in [3.8, 4) is 0 Å². The van der Waals surface area contributed by atoms with Crippen LogP contribution in [0.15, 0.2) is 84.1 Å². The minimum absolute atomic E-state index is 0.0584. The number of para-hydroxylation sites is 1. The van der Waals surface area contributed by atoms with E-state index in [0.29, 0.717) is 16.3 Å². The smallest absolute Gasteiger partial charge is 0.271 e. The van der Waals surface area contributed by atoms with Gasteiger partial charge < -0.3 is 9.88 Å². The average Bonchev–Trinajstić information content (AvgIpc) is 3.13. The molecule has 0 radical (unpaired) electrons. The Balaban J connectivity index is 1.48. The summed E-state index contributed by atoms with van der Waals surface area (Å²) in [7, 11) is 0. The standard InChI is InChI=1S/C24H18ClFN4O2/c25-18-7-5-16(6-8-18)24(32)29-27-13-17-14-30(22-4-2-1-3-21(17)22)15-23(31)28-20-11-9-19(26)10-12-20/h1-14H,15H2,(H,28,31)(H,29,32)/b27-13-. The lowest BCUT2D eigenvalue weighted by molar-refractivity contribution is -0.116. The number of hydrogen-bond acceptors (Lipinski definition) is 3. The SMILES string of the molecule is O=C(Cn1cc(/C=N\NC(=O)c2ccc(Cl)cc2)c2ccccc21)Nc1ccc(F)cc1. The van der Waals surface area contributed by atoms with Crippen LogP contribution in [0.2, 0.25) is 5.02 Å². The lowest BCUT2D eigenvalue weighted by atomic mass is 10.2. The molecule has 3 aromatic carbocycles. The number of carbonyl (C=O) groups excluding carboxylic acids is 2. The van der Waals surface area contributed by atoms with Crippen molar-refractivity contribution in [2.75, 3.05) is 5.32 Å². The zero-order valence-corrected chi connectivity index (χ0v) is 17.5. The molecule has 0 unspecified atom stereocenters. The molecule has 1 heterocycles. The van der Waals surface area contributed by atoms with Crippen LogP contribution in [0.1, 0.15) is 15.9 Å². The van der Waals surface area contributed by atoms with E-state index in [2.05, 4.69) is 15.8 Å². The van der Waals surface area contributed by atoms with Gasteiger partial charge in [-0.1, -0.05) is 29.8 Å². The summed E-state index contributed by atoms with van der Waals surface area (Å²) < 4.78 is 14.8. The van der Waals surface area contributed by atoms with Gasteiger partial charge in [-0.05, 0) is 54.6 Å². The van der Waals surface area contributed by atoms with Gasteiger partial charge in [-0.3, -0.25) is 9.59 Å². The van der Waals surface area contributed by atoms with Crippen molar-refractivity contribution in [1.29, 1.82) is 0 Å². The minimum atomic E-state index is -0.369. The molecule has 0 atom stereocenters. The minimum Gasteiger partial charge on any atom is -0.337 e. The summed E-state index contributed by atoms with van der Waals surface area (Å²) in [5.74, 6) is -0.983. The summed E-state index contributed by atoms with van der Waals surface area (Å²) in [4.78, 5) is 24.7. The third-order valence-corrected chi connectivity index (χ3v) is 4.99. The fourth-order valence-corrected chi connectivity index (χ4v) is 3.35. The van der Waals surface area contributed by atoms with E-state index >= 15 is 0 Å². The maximum Gasteiger partial charge on any atom is 0.271 e. The maximum absolute atomic E-state index is 13.1. The van der Waals surface area contributed by atoms with E-state index in [4.69, 9.17) is 11.6 Å². The fraction of sp³-hybridized carbons (Fsp3) is 0.0417. The molecular formula is C24H18ClFN4O2. The molecule has 0 aliphatic rings. The molecule has 8 heteroatoms. The Hall–Kier alpha value is -3.97. The molecule has 2 N–H and O–H groups in total. The summed E-state index contributed by atoms with van der Waals surface area (Å²) in [6, 6.07) is 19.6. The Labute approximate surface area is 188 Å². The zero-order chi connectivity index (χ0) is 22.5. The monoisotopic (exact) mass is 448 g/mol. The van der Waals surface area contributed by atoms with Gasteiger partial charge in [0.25, 0.3) is 5.91 Å². The topological polar surface area (TPSA) is 75.5 Å². The second-order valence-electron chi connectivity index (χ2n) is 6.99. The molecule has 4 rings (SSSR count). The normalized spacial score (nSPS) is 11.1.